The summed E-state index contributed by atoms with van der Waals surface area (Å²) in [6.07, 6.45) is 6.98. The van der Waals surface area contributed by atoms with E-state index in [9.17, 15) is 4.79 Å². The Hall–Kier alpha value is -2.82. The van der Waals surface area contributed by atoms with E-state index in [2.05, 4.69) is 10.3 Å². The van der Waals surface area contributed by atoms with Crippen LogP contribution < -0.4 is 14.8 Å². The molecule has 0 atom stereocenters. The van der Waals surface area contributed by atoms with Crippen LogP contribution >= 0.6 is 0 Å². The number of benzene rings is 1. The van der Waals surface area contributed by atoms with Gasteiger partial charge in [-0.25, -0.2) is 0 Å². The molecule has 0 saturated heterocycles. The lowest BCUT2D eigenvalue weighted by atomic mass is 10.1. The third kappa shape index (κ3) is 3.44. The Morgan fingerprint density at radius 3 is 2.68 bits per heavy atom. The van der Waals surface area contributed by atoms with E-state index in [1.165, 1.54) is 0 Å². The molecular formula is C17H18N2O3. The van der Waals surface area contributed by atoms with Crippen molar-refractivity contribution in [3.8, 4) is 11.5 Å². The lowest BCUT2D eigenvalue weighted by Crippen LogP contribution is -2.12. The second kappa shape index (κ2) is 7.26. The van der Waals surface area contributed by atoms with Gasteiger partial charge in [-0.05, 0) is 31.2 Å². The van der Waals surface area contributed by atoms with Gasteiger partial charge >= 0.3 is 0 Å². The fourth-order valence-electron chi connectivity index (χ4n) is 2.07. The van der Waals surface area contributed by atoms with Gasteiger partial charge in [0, 0.05) is 17.3 Å². The second-order valence-electron chi connectivity index (χ2n) is 4.50. The molecule has 0 aliphatic carbocycles. The minimum atomic E-state index is -0.236. The fraction of sp³-hybridized carbons (Fsp3) is 0.176. The molecule has 0 radical (unpaired) electrons. The maximum absolute atomic E-state index is 12.4. The Balaban J connectivity index is 2.38. The molecule has 1 amide bonds. The Morgan fingerprint density at radius 1 is 1.27 bits per heavy atom. The van der Waals surface area contributed by atoms with E-state index in [1.807, 2.05) is 19.1 Å². The number of rotatable bonds is 5. The Labute approximate surface area is 129 Å². The summed E-state index contributed by atoms with van der Waals surface area (Å²) >= 11 is 0. The number of allylic oxidation sites excluding steroid dienone is 1. The lowest BCUT2D eigenvalue weighted by Gasteiger charge is -2.13. The summed E-state index contributed by atoms with van der Waals surface area (Å²) in [4.78, 5) is 16.3. The first-order chi connectivity index (χ1) is 10.7. The highest BCUT2D eigenvalue weighted by atomic mass is 16.5. The maximum atomic E-state index is 12.4. The number of carbonyl (C=O) groups is 1. The number of hydrogen-bond acceptors (Lipinski definition) is 4. The van der Waals surface area contributed by atoms with E-state index in [0.717, 1.165) is 5.56 Å². The quantitative estimate of drug-likeness (QED) is 0.919. The fourth-order valence-corrected chi connectivity index (χ4v) is 2.07. The van der Waals surface area contributed by atoms with Crippen molar-refractivity contribution in [2.45, 2.75) is 6.92 Å². The molecule has 0 saturated carbocycles. The van der Waals surface area contributed by atoms with Crippen molar-refractivity contribution < 1.29 is 14.3 Å². The summed E-state index contributed by atoms with van der Waals surface area (Å²) in [5, 5.41) is 2.79. The van der Waals surface area contributed by atoms with E-state index in [0.29, 0.717) is 22.7 Å². The van der Waals surface area contributed by atoms with Crippen LogP contribution in [-0.4, -0.2) is 25.1 Å². The predicted octanol–water partition coefficient (Wildman–Crippen LogP) is 3.38. The Bertz CT molecular complexity index is 682. The van der Waals surface area contributed by atoms with Gasteiger partial charge in [-0.2, -0.15) is 0 Å². The zero-order valence-electron chi connectivity index (χ0n) is 12.8. The van der Waals surface area contributed by atoms with Gasteiger partial charge in [-0.1, -0.05) is 12.2 Å². The van der Waals surface area contributed by atoms with Gasteiger partial charge in [0.2, 0.25) is 0 Å². The molecule has 1 aromatic heterocycles. The van der Waals surface area contributed by atoms with Gasteiger partial charge in [0.05, 0.1) is 26.1 Å². The molecule has 1 N–H and O–H groups in total. The molecule has 2 aromatic rings. The SMILES string of the molecule is C/C=C/c1cc(C(=O)Nc2cccnc2)cc(OC)c1OC. The van der Waals surface area contributed by atoms with Crippen LogP contribution in [0.1, 0.15) is 22.8 Å². The van der Waals surface area contributed by atoms with Crippen LogP contribution in [0, 0.1) is 0 Å². The van der Waals surface area contributed by atoms with Gasteiger partial charge in [-0.3, -0.25) is 9.78 Å². The number of nitrogens with zero attached hydrogens (tertiary/aromatic N) is 1. The van der Waals surface area contributed by atoms with E-state index in [1.54, 1.807) is 50.9 Å². The molecule has 0 aliphatic heterocycles. The summed E-state index contributed by atoms with van der Waals surface area (Å²) in [5.74, 6) is 0.868. The number of anilines is 1. The van der Waals surface area contributed by atoms with Crippen molar-refractivity contribution in [1.82, 2.24) is 4.98 Å². The molecule has 5 nitrogen and oxygen atoms in total. The van der Waals surface area contributed by atoms with Gasteiger partial charge in [0.25, 0.3) is 5.91 Å². The average molecular weight is 298 g/mol. The number of nitrogens with one attached hydrogen (secondary N) is 1. The van der Waals surface area contributed by atoms with E-state index in [4.69, 9.17) is 9.47 Å². The number of pyridine rings is 1. The topological polar surface area (TPSA) is 60.5 Å². The van der Waals surface area contributed by atoms with Crippen LogP contribution in [0.5, 0.6) is 11.5 Å². The number of amides is 1. The minimum Gasteiger partial charge on any atom is -0.493 e. The lowest BCUT2D eigenvalue weighted by molar-refractivity contribution is 0.102. The molecule has 114 valence electrons. The zero-order chi connectivity index (χ0) is 15.9. The Morgan fingerprint density at radius 2 is 2.09 bits per heavy atom. The summed E-state index contributed by atoms with van der Waals surface area (Å²) in [6.45, 7) is 1.90. The van der Waals surface area contributed by atoms with Gasteiger partial charge < -0.3 is 14.8 Å². The summed E-state index contributed by atoms with van der Waals surface area (Å²) in [5.41, 5.74) is 1.89. The molecule has 0 unspecified atom stereocenters. The molecule has 1 heterocycles. The highest BCUT2D eigenvalue weighted by molar-refractivity contribution is 6.05. The number of ether oxygens (including phenoxy) is 2. The van der Waals surface area contributed by atoms with Gasteiger partial charge in [0.1, 0.15) is 0 Å². The first-order valence-electron chi connectivity index (χ1n) is 6.79. The molecule has 0 bridgehead atoms. The second-order valence-corrected chi connectivity index (χ2v) is 4.50. The number of aromatic nitrogens is 1. The molecule has 0 spiro atoms. The average Bonchev–Trinajstić information content (AvgIpc) is 2.55. The van der Waals surface area contributed by atoms with Crippen molar-refractivity contribution in [2.75, 3.05) is 19.5 Å². The smallest absolute Gasteiger partial charge is 0.255 e. The zero-order valence-corrected chi connectivity index (χ0v) is 12.8. The van der Waals surface area contributed by atoms with Crippen LogP contribution in [0.4, 0.5) is 5.69 Å². The monoisotopic (exact) mass is 298 g/mol. The van der Waals surface area contributed by atoms with Crippen LogP contribution in [0.2, 0.25) is 0 Å². The minimum absolute atomic E-state index is 0.236. The van der Waals surface area contributed by atoms with Crippen molar-refractivity contribution in [2.24, 2.45) is 0 Å². The third-order valence-electron chi connectivity index (χ3n) is 3.04. The molecular weight excluding hydrogens is 280 g/mol. The summed E-state index contributed by atoms with van der Waals surface area (Å²) < 4.78 is 10.7. The molecule has 5 heteroatoms. The van der Waals surface area contributed by atoms with E-state index < -0.39 is 0 Å². The van der Waals surface area contributed by atoms with Crippen molar-refractivity contribution in [1.29, 1.82) is 0 Å². The van der Waals surface area contributed by atoms with Crippen LogP contribution in [-0.2, 0) is 0 Å². The highest BCUT2D eigenvalue weighted by Gasteiger charge is 2.15. The molecule has 0 fully saturated rings. The largest absolute Gasteiger partial charge is 0.493 e. The number of methoxy groups -OCH3 is 2. The van der Waals surface area contributed by atoms with E-state index in [-0.39, 0.29) is 5.91 Å². The molecule has 1 aromatic carbocycles. The molecule has 22 heavy (non-hydrogen) atoms. The number of hydrogen-bond donors (Lipinski definition) is 1. The maximum Gasteiger partial charge on any atom is 0.255 e. The first kappa shape index (κ1) is 15.6. The van der Waals surface area contributed by atoms with Crippen LogP contribution in [0.25, 0.3) is 6.08 Å². The third-order valence-corrected chi connectivity index (χ3v) is 3.04. The first-order valence-corrected chi connectivity index (χ1v) is 6.79. The standard InChI is InChI=1S/C17H18N2O3/c1-4-6-12-9-13(10-15(21-2)16(12)22-3)17(20)19-14-7-5-8-18-11-14/h4-11H,1-3H3,(H,19,20)/b6-4+. The molecule has 2 rings (SSSR count). The highest BCUT2D eigenvalue weighted by Crippen LogP contribution is 2.33. The predicted molar refractivity (Wildman–Crippen MR) is 86.4 cm³/mol. The van der Waals surface area contributed by atoms with E-state index >= 15 is 0 Å². The summed E-state index contributed by atoms with van der Waals surface area (Å²) in [6, 6.07) is 6.94. The van der Waals surface area contributed by atoms with Crippen LogP contribution in [0.3, 0.4) is 0 Å². The normalized spacial score (nSPS) is 10.5. The number of carbonyl (C=O) groups excluding carboxylic acids is 1. The summed E-state index contributed by atoms with van der Waals surface area (Å²) in [7, 11) is 3.11. The molecule has 0 aliphatic rings. The van der Waals surface area contributed by atoms with Gasteiger partial charge in [0.15, 0.2) is 11.5 Å². The van der Waals surface area contributed by atoms with Crippen molar-refractivity contribution in [3.05, 3.63) is 53.9 Å². The Kier molecular flexibility index (Phi) is 5.14. The van der Waals surface area contributed by atoms with Crippen molar-refractivity contribution in [3.63, 3.8) is 0 Å². The van der Waals surface area contributed by atoms with Gasteiger partial charge in [-0.15, -0.1) is 0 Å². The van der Waals surface area contributed by atoms with Crippen molar-refractivity contribution >= 4 is 17.7 Å². The van der Waals surface area contributed by atoms with Crippen LogP contribution in [0.15, 0.2) is 42.7 Å².